The molecule has 1 atom stereocenters. The van der Waals surface area contributed by atoms with E-state index in [0.717, 1.165) is 12.8 Å². The SMILES string of the molecule is C=C1C=CC(=O)N1c1cnc(N(CC)CC)nc1NC(Cc1ccc(OC(=O)N2CCCC2)cc1)C(=O)O. The summed E-state index contributed by atoms with van der Waals surface area (Å²) in [6, 6.07) is 5.68. The number of hydrogen-bond donors (Lipinski definition) is 2. The van der Waals surface area contributed by atoms with Gasteiger partial charge in [-0.3, -0.25) is 9.69 Å². The summed E-state index contributed by atoms with van der Waals surface area (Å²) < 4.78 is 5.43. The topological polar surface area (TPSA) is 128 Å². The van der Waals surface area contributed by atoms with Crippen molar-refractivity contribution < 1.29 is 24.2 Å². The maximum atomic E-state index is 12.5. The third kappa shape index (κ3) is 5.93. The number of ether oxygens (including phenoxy) is 1. The summed E-state index contributed by atoms with van der Waals surface area (Å²) >= 11 is 0. The Morgan fingerprint density at radius 1 is 1.16 bits per heavy atom. The number of carbonyl (C=O) groups is 3. The Hall–Kier alpha value is -4.41. The van der Waals surface area contributed by atoms with Gasteiger partial charge in [-0.25, -0.2) is 14.6 Å². The van der Waals surface area contributed by atoms with Gasteiger partial charge in [0.15, 0.2) is 5.82 Å². The van der Waals surface area contributed by atoms with Gasteiger partial charge in [-0.15, -0.1) is 0 Å². The quantitative estimate of drug-likeness (QED) is 0.484. The Morgan fingerprint density at radius 3 is 2.42 bits per heavy atom. The fraction of sp³-hybridized carbons (Fsp3) is 0.370. The maximum Gasteiger partial charge on any atom is 0.415 e. The average molecular weight is 521 g/mol. The van der Waals surface area contributed by atoms with E-state index in [1.165, 1.54) is 17.2 Å². The molecule has 11 heteroatoms. The van der Waals surface area contributed by atoms with Crippen LogP contribution in [0.15, 0.2) is 54.9 Å². The van der Waals surface area contributed by atoms with Crippen molar-refractivity contribution in [2.75, 3.05) is 41.3 Å². The van der Waals surface area contributed by atoms with Crippen molar-refractivity contribution in [1.29, 1.82) is 0 Å². The molecule has 1 aromatic heterocycles. The highest BCUT2D eigenvalue weighted by Crippen LogP contribution is 2.32. The number of hydrogen-bond acceptors (Lipinski definition) is 8. The molecular formula is C27H32N6O5. The molecule has 1 unspecified atom stereocenters. The molecule has 4 rings (SSSR count). The van der Waals surface area contributed by atoms with Crippen molar-refractivity contribution in [3.8, 4) is 5.75 Å². The van der Waals surface area contributed by atoms with Crippen molar-refractivity contribution in [2.24, 2.45) is 0 Å². The fourth-order valence-electron chi connectivity index (χ4n) is 4.39. The molecule has 2 amide bonds. The van der Waals surface area contributed by atoms with Gasteiger partial charge in [0.1, 0.15) is 17.5 Å². The van der Waals surface area contributed by atoms with Crippen molar-refractivity contribution in [1.82, 2.24) is 14.9 Å². The zero-order valence-corrected chi connectivity index (χ0v) is 21.6. The van der Waals surface area contributed by atoms with Crippen molar-refractivity contribution in [3.05, 3.63) is 60.5 Å². The van der Waals surface area contributed by atoms with E-state index in [1.54, 1.807) is 35.2 Å². The third-order valence-corrected chi connectivity index (χ3v) is 6.51. The lowest BCUT2D eigenvalue weighted by Crippen LogP contribution is -2.34. The van der Waals surface area contributed by atoms with Crippen LogP contribution in [0.25, 0.3) is 0 Å². The van der Waals surface area contributed by atoms with E-state index in [9.17, 15) is 19.5 Å². The monoisotopic (exact) mass is 520 g/mol. The number of amides is 2. The van der Waals surface area contributed by atoms with E-state index >= 15 is 0 Å². The minimum atomic E-state index is -1.09. The average Bonchev–Trinajstić information content (AvgIpc) is 3.56. The van der Waals surface area contributed by atoms with E-state index in [1.807, 2.05) is 18.7 Å². The van der Waals surface area contributed by atoms with Gasteiger partial charge >= 0.3 is 12.1 Å². The normalized spacial score (nSPS) is 15.6. The molecule has 3 heterocycles. The number of carboxylic acids is 1. The summed E-state index contributed by atoms with van der Waals surface area (Å²) in [5, 5.41) is 13.0. The smallest absolute Gasteiger partial charge is 0.415 e. The Bertz CT molecular complexity index is 1220. The van der Waals surface area contributed by atoms with Crippen LogP contribution in [0.3, 0.4) is 0 Å². The zero-order valence-electron chi connectivity index (χ0n) is 21.6. The number of benzene rings is 1. The molecule has 0 saturated carbocycles. The van der Waals surface area contributed by atoms with Crippen LogP contribution >= 0.6 is 0 Å². The summed E-state index contributed by atoms with van der Waals surface area (Å²) in [5.41, 5.74) is 1.47. The molecule has 2 aromatic rings. The fourth-order valence-corrected chi connectivity index (χ4v) is 4.39. The minimum absolute atomic E-state index is 0.118. The van der Waals surface area contributed by atoms with Gasteiger partial charge in [-0.1, -0.05) is 18.7 Å². The third-order valence-electron chi connectivity index (χ3n) is 6.51. The van der Waals surface area contributed by atoms with Crippen LogP contribution in [-0.4, -0.2) is 70.2 Å². The van der Waals surface area contributed by atoms with Crippen LogP contribution in [-0.2, 0) is 16.0 Å². The number of rotatable bonds is 10. The van der Waals surface area contributed by atoms with Crippen LogP contribution in [0.2, 0.25) is 0 Å². The highest BCUT2D eigenvalue weighted by molar-refractivity contribution is 6.09. The summed E-state index contributed by atoms with van der Waals surface area (Å²) in [5.74, 6) is -0.384. The van der Waals surface area contributed by atoms with E-state index in [2.05, 4.69) is 21.9 Å². The number of nitrogens with zero attached hydrogens (tertiary/aromatic N) is 5. The van der Waals surface area contributed by atoms with Crippen LogP contribution in [0.1, 0.15) is 32.3 Å². The van der Waals surface area contributed by atoms with E-state index < -0.39 is 12.0 Å². The molecule has 0 aliphatic carbocycles. The number of nitrogens with one attached hydrogen (secondary N) is 1. The van der Waals surface area contributed by atoms with Gasteiger partial charge in [0.25, 0.3) is 5.91 Å². The molecule has 11 nitrogen and oxygen atoms in total. The Labute approximate surface area is 221 Å². The van der Waals surface area contributed by atoms with Crippen LogP contribution in [0, 0.1) is 0 Å². The number of aliphatic carboxylic acids is 1. The number of anilines is 3. The molecule has 0 radical (unpaired) electrons. The lowest BCUT2D eigenvalue weighted by molar-refractivity contribution is -0.137. The van der Waals surface area contributed by atoms with Crippen LogP contribution in [0.5, 0.6) is 5.75 Å². The van der Waals surface area contributed by atoms with E-state index in [0.29, 0.717) is 54.8 Å². The summed E-state index contributed by atoms with van der Waals surface area (Å²) in [7, 11) is 0. The van der Waals surface area contributed by atoms with Crippen LogP contribution < -0.4 is 19.9 Å². The number of allylic oxidation sites excluding steroid dienone is 1. The lowest BCUT2D eigenvalue weighted by atomic mass is 10.1. The van der Waals surface area contributed by atoms with Gasteiger partial charge in [0.2, 0.25) is 5.95 Å². The number of carboxylic acid groups (broad SMARTS) is 1. The lowest BCUT2D eigenvalue weighted by Gasteiger charge is -2.25. The molecule has 2 N–H and O–H groups in total. The summed E-state index contributed by atoms with van der Waals surface area (Å²) in [6.45, 7) is 10.5. The first-order valence-corrected chi connectivity index (χ1v) is 12.7. The molecule has 2 aliphatic heterocycles. The second kappa shape index (κ2) is 11.8. The highest BCUT2D eigenvalue weighted by atomic mass is 16.6. The molecule has 1 saturated heterocycles. The molecular weight excluding hydrogens is 488 g/mol. The second-order valence-corrected chi connectivity index (χ2v) is 9.02. The van der Waals surface area contributed by atoms with Gasteiger partial charge in [-0.05, 0) is 50.5 Å². The predicted molar refractivity (Wildman–Crippen MR) is 143 cm³/mol. The number of aromatic nitrogens is 2. The summed E-state index contributed by atoms with van der Waals surface area (Å²) in [4.78, 5) is 50.9. The molecule has 0 spiro atoms. The standard InChI is InChI=1S/C27H32N6O5/c1-4-31(5-2)26-28-17-22(33-18(3)8-13-23(33)34)24(30-26)29-21(25(35)36)16-19-9-11-20(12-10-19)38-27(37)32-14-6-7-15-32/h8-13,17,21H,3-7,14-16H2,1-2H3,(H,35,36)(H,28,29,30). The molecule has 2 aliphatic rings. The molecule has 1 aromatic carbocycles. The largest absolute Gasteiger partial charge is 0.480 e. The Morgan fingerprint density at radius 2 is 1.84 bits per heavy atom. The maximum absolute atomic E-state index is 12.5. The van der Waals surface area contributed by atoms with E-state index in [-0.39, 0.29) is 24.2 Å². The molecule has 1 fully saturated rings. The first-order chi connectivity index (χ1) is 18.3. The van der Waals surface area contributed by atoms with Crippen molar-refractivity contribution in [3.63, 3.8) is 0 Å². The molecule has 0 bridgehead atoms. The first-order valence-electron chi connectivity index (χ1n) is 12.7. The summed E-state index contributed by atoms with van der Waals surface area (Å²) in [6.07, 6.45) is 6.15. The van der Waals surface area contributed by atoms with Crippen molar-refractivity contribution >= 4 is 35.4 Å². The zero-order chi connectivity index (χ0) is 27.2. The predicted octanol–water partition coefficient (Wildman–Crippen LogP) is 3.44. The number of carbonyl (C=O) groups excluding carboxylic acids is 2. The second-order valence-electron chi connectivity index (χ2n) is 9.02. The molecule has 38 heavy (non-hydrogen) atoms. The molecule has 200 valence electrons. The van der Waals surface area contributed by atoms with Gasteiger partial charge in [0.05, 0.1) is 6.20 Å². The van der Waals surface area contributed by atoms with Gasteiger partial charge < -0.3 is 25.0 Å². The van der Waals surface area contributed by atoms with Crippen LogP contribution in [0.4, 0.5) is 22.2 Å². The van der Waals surface area contributed by atoms with Gasteiger partial charge in [0, 0.05) is 44.4 Å². The first kappa shape index (κ1) is 26.6. The Kier molecular flexibility index (Phi) is 8.25. The van der Waals surface area contributed by atoms with E-state index in [4.69, 9.17) is 4.74 Å². The highest BCUT2D eigenvalue weighted by Gasteiger charge is 2.28. The van der Waals surface area contributed by atoms with Gasteiger partial charge in [-0.2, -0.15) is 4.98 Å². The minimum Gasteiger partial charge on any atom is -0.480 e. The Balaban J connectivity index is 1.55. The number of likely N-dealkylation sites (tertiary alicyclic amines) is 1. The van der Waals surface area contributed by atoms with Crippen molar-refractivity contribution in [2.45, 2.75) is 39.2 Å².